The van der Waals surface area contributed by atoms with Crippen LogP contribution in [0.5, 0.6) is 0 Å². The second-order valence-corrected chi connectivity index (χ2v) is 2.28. The van der Waals surface area contributed by atoms with Crippen molar-refractivity contribution in [2.24, 2.45) is 0 Å². The van der Waals surface area contributed by atoms with Crippen LogP contribution in [0.25, 0.3) is 0 Å². The lowest BCUT2D eigenvalue weighted by molar-refractivity contribution is 0.282. The van der Waals surface area contributed by atoms with Crippen molar-refractivity contribution in [2.45, 2.75) is 13.8 Å². The number of allylic oxidation sites excluding steroid dienone is 4. The van der Waals surface area contributed by atoms with Gasteiger partial charge in [-0.1, -0.05) is 12.7 Å². The molecule has 0 N–H and O–H groups in total. The molecule has 0 heterocycles. The standard InChI is InChI=1S/C9H13FO/c1-5-6-8(11-4)9(10)7(2)3/h5-6H,1H2,2-4H3/b8-6+. The third kappa shape index (κ3) is 3.03. The number of methoxy groups -OCH3 is 1. The Balaban J connectivity index is 4.66. The lowest BCUT2D eigenvalue weighted by Gasteiger charge is -2.03. The van der Waals surface area contributed by atoms with Crippen molar-refractivity contribution in [3.8, 4) is 0 Å². The lowest BCUT2D eigenvalue weighted by Crippen LogP contribution is -1.88. The van der Waals surface area contributed by atoms with Gasteiger partial charge in [0.05, 0.1) is 7.11 Å². The monoisotopic (exact) mass is 156 g/mol. The van der Waals surface area contributed by atoms with E-state index in [-0.39, 0.29) is 11.6 Å². The smallest absolute Gasteiger partial charge is 0.163 e. The van der Waals surface area contributed by atoms with Gasteiger partial charge in [0, 0.05) is 0 Å². The highest BCUT2D eigenvalue weighted by Gasteiger charge is 2.03. The maximum absolute atomic E-state index is 13.0. The molecule has 0 fully saturated rings. The van der Waals surface area contributed by atoms with Crippen LogP contribution in [0.2, 0.25) is 0 Å². The molecule has 0 saturated heterocycles. The fraction of sp³-hybridized carbons (Fsp3) is 0.333. The molecule has 2 heteroatoms. The van der Waals surface area contributed by atoms with E-state index in [0.29, 0.717) is 5.57 Å². The van der Waals surface area contributed by atoms with Gasteiger partial charge in [0.15, 0.2) is 11.6 Å². The van der Waals surface area contributed by atoms with Crippen molar-refractivity contribution < 1.29 is 9.13 Å². The van der Waals surface area contributed by atoms with Crippen LogP contribution in [0.3, 0.4) is 0 Å². The van der Waals surface area contributed by atoms with Crippen LogP contribution < -0.4 is 0 Å². The van der Waals surface area contributed by atoms with Crippen LogP contribution in [0.4, 0.5) is 4.39 Å². The molecule has 0 aromatic carbocycles. The van der Waals surface area contributed by atoms with E-state index >= 15 is 0 Å². The predicted molar refractivity (Wildman–Crippen MR) is 44.8 cm³/mol. The quantitative estimate of drug-likeness (QED) is 0.451. The van der Waals surface area contributed by atoms with E-state index in [1.807, 2.05) is 0 Å². The lowest BCUT2D eigenvalue weighted by atomic mass is 10.2. The van der Waals surface area contributed by atoms with Gasteiger partial charge in [-0.05, 0) is 25.5 Å². The van der Waals surface area contributed by atoms with Crippen molar-refractivity contribution >= 4 is 0 Å². The first-order valence-electron chi connectivity index (χ1n) is 3.33. The Hall–Kier alpha value is -1.05. The molecule has 0 amide bonds. The van der Waals surface area contributed by atoms with E-state index < -0.39 is 0 Å². The summed E-state index contributed by atoms with van der Waals surface area (Å²) in [6.07, 6.45) is 2.98. The Morgan fingerprint density at radius 3 is 2.27 bits per heavy atom. The molecular formula is C9H13FO. The molecule has 0 bridgehead atoms. The highest BCUT2D eigenvalue weighted by Crippen LogP contribution is 2.16. The number of ether oxygens (including phenoxy) is 1. The molecular weight excluding hydrogens is 143 g/mol. The zero-order valence-corrected chi connectivity index (χ0v) is 7.15. The highest BCUT2D eigenvalue weighted by atomic mass is 19.1. The summed E-state index contributed by atoms with van der Waals surface area (Å²) in [5.74, 6) is -0.104. The van der Waals surface area contributed by atoms with Gasteiger partial charge in [0.2, 0.25) is 0 Å². The first kappa shape index (κ1) is 9.95. The Kier molecular flexibility index (Phi) is 4.27. The summed E-state index contributed by atoms with van der Waals surface area (Å²) in [4.78, 5) is 0. The topological polar surface area (TPSA) is 9.23 Å². The van der Waals surface area contributed by atoms with Gasteiger partial charge in [0.25, 0.3) is 0 Å². The number of rotatable bonds is 3. The van der Waals surface area contributed by atoms with Gasteiger partial charge in [-0.15, -0.1) is 0 Å². The van der Waals surface area contributed by atoms with Crippen molar-refractivity contribution in [3.05, 3.63) is 35.9 Å². The summed E-state index contributed by atoms with van der Waals surface area (Å²) in [5.41, 5.74) is 0.597. The molecule has 0 aromatic heterocycles. The maximum atomic E-state index is 13.0. The summed E-state index contributed by atoms with van der Waals surface area (Å²) < 4.78 is 17.8. The highest BCUT2D eigenvalue weighted by molar-refractivity contribution is 5.26. The Morgan fingerprint density at radius 2 is 2.00 bits per heavy atom. The SMILES string of the molecule is C=C/C=C(/OC)C(F)=C(C)C. The summed E-state index contributed by atoms with van der Waals surface area (Å²) in [7, 11) is 1.43. The minimum Gasteiger partial charge on any atom is -0.494 e. The minimum atomic E-state index is -0.326. The van der Waals surface area contributed by atoms with Crippen LogP contribution in [-0.4, -0.2) is 7.11 Å². The number of hydrogen-bond donors (Lipinski definition) is 0. The fourth-order valence-electron chi connectivity index (χ4n) is 0.584. The molecule has 0 aliphatic heterocycles. The summed E-state index contributed by atoms with van der Waals surface area (Å²) in [6.45, 7) is 6.82. The minimum absolute atomic E-state index is 0.222. The molecule has 0 saturated carbocycles. The van der Waals surface area contributed by atoms with Crippen molar-refractivity contribution in [1.82, 2.24) is 0 Å². The van der Waals surface area contributed by atoms with Gasteiger partial charge >= 0.3 is 0 Å². The van der Waals surface area contributed by atoms with E-state index in [0.717, 1.165) is 0 Å². The molecule has 0 atom stereocenters. The number of halogens is 1. The third-order valence-corrected chi connectivity index (χ3v) is 1.14. The van der Waals surface area contributed by atoms with E-state index in [2.05, 4.69) is 6.58 Å². The van der Waals surface area contributed by atoms with Crippen LogP contribution in [0, 0.1) is 0 Å². The molecule has 0 aliphatic rings. The molecule has 0 aromatic rings. The van der Waals surface area contributed by atoms with Gasteiger partial charge in [0.1, 0.15) is 0 Å². The average molecular weight is 156 g/mol. The third-order valence-electron chi connectivity index (χ3n) is 1.14. The van der Waals surface area contributed by atoms with Crippen LogP contribution in [-0.2, 0) is 4.74 Å². The predicted octanol–water partition coefficient (Wildman–Crippen LogP) is 2.97. The molecule has 11 heavy (non-hydrogen) atoms. The second kappa shape index (κ2) is 4.72. The molecule has 0 unspecified atom stereocenters. The zero-order valence-electron chi connectivity index (χ0n) is 7.15. The first-order valence-corrected chi connectivity index (χ1v) is 3.33. The van der Waals surface area contributed by atoms with Crippen molar-refractivity contribution in [3.63, 3.8) is 0 Å². The molecule has 0 rings (SSSR count). The summed E-state index contributed by atoms with van der Waals surface area (Å²) >= 11 is 0. The van der Waals surface area contributed by atoms with Gasteiger partial charge in [-0.3, -0.25) is 0 Å². The number of hydrogen-bond acceptors (Lipinski definition) is 1. The summed E-state index contributed by atoms with van der Waals surface area (Å²) in [6, 6.07) is 0. The Labute approximate surface area is 66.9 Å². The Bertz CT molecular complexity index is 198. The van der Waals surface area contributed by atoms with Gasteiger partial charge < -0.3 is 4.74 Å². The molecule has 0 radical (unpaired) electrons. The van der Waals surface area contributed by atoms with Crippen LogP contribution >= 0.6 is 0 Å². The molecule has 62 valence electrons. The van der Waals surface area contributed by atoms with Gasteiger partial charge in [-0.2, -0.15) is 0 Å². The van der Waals surface area contributed by atoms with Gasteiger partial charge in [-0.25, -0.2) is 4.39 Å². The zero-order chi connectivity index (χ0) is 8.85. The van der Waals surface area contributed by atoms with E-state index in [1.165, 1.54) is 19.3 Å². The van der Waals surface area contributed by atoms with Crippen molar-refractivity contribution in [2.75, 3.05) is 7.11 Å². The van der Waals surface area contributed by atoms with Crippen LogP contribution in [0.15, 0.2) is 35.9 Å². The van der Waals surface area contributed by atoms with E-state index in [1.54, 1.807) is 13.8 Å². The molecule has 0 spiro atoms. The second-order valence-electron chi connectivity index (χ2n) is 2.28. The Morgan fingerprint density at radius 1 is 1.45 bits per heavy atom. The van der Waals surface area contributed by atoms with Crippen molar-refractivity contribution in [1.29, 1.82) is 0 Å². The van der Waals surface area contributed by atoms with E-state index in [9.17, 15) is 4.39 Å². The maximum Gasteiger partial charge on any atom is 0.163 e. The molecule has 1 nitrogen and oxygen atoms in total. The van der Waals surface area contributed by atoms with Crippen LogP contribution in [0.1, 0.15) is 13.8 Å². The first-order chi connectivity index (χ1) is 5.13. The summed E-state index contributed by atoms with van der Waals surface area (Å²) in [5, 5.41) is 0. The largest absolute Gasteiger partial charge is 0.494 e. The molecule has 0 aliphatic carbocycles. The fourth-order valence-corrected chi connectivity index (χ4v) is 0.584. The average Bonchev–Trinajstić information content (AvgIpc) is 1.98. The van der Waals surface area contributed by atoms with E-state index in [4.69, 9.17) is 4.74 Å². The normalized spacial score (nSPS) is 10.7.